The Bertz CT molecular complexity index is 216. The maximum absolute atomic E-state index is 10.6. The smallest absolute Gasteiger partial charge is 0.208 e. The van der Waals surface area contributed by atoms with Gasteiger partial charge in [0, 0.05) is 26.2 Å². The van der Waals surface area contributed by atoms with Crippen LogP contribution in [0.5, 0.6) is 0 Å². The summed E-state index contributed by atoms with van der Waals surface area (Å²) in [5.74, 6) is 0. The van der Waals surface area contributed by atoms with Crippen molar-refractivity contribution in [2.45, 2.75) is 13.0 Å². The molecule has 6 heteroatoms. The molecule has 0 heterocycles. The SMILES string of the molecule is COCC(C)NCCNS(C)(=O)=O. The molecule has 0 aliphatic rings. The lowest BCUT2D eigenvalue weighted by molar-refractivity contribution is 0.172. The minimum Gasteiger partial charge on any atom is -0.383 e. The molecule has 0 saturated heterocycles. The Morgan fingerprint density at radius 3 is 2.46 bits per heavy atom. The fourth-order valence-electron chi connectivity index (χ4n) is 0.864. The van der Waals surface area contributed by atoms with Crippen LogP contribution in [0.4, 0.5) is 0 Å². The third-order valence-electron chi connectivity index (χ3n) is 1.40. The van der Waals surface area contributed by atoms with Gasteiger partial charge in [-0.15, -0.1) is 0 Å². The predicted molar refractivity (Wildman–Crippen MR) is 52.2 cm³/mol. The highest BCUT2D eigenvalue weighted by molar-refractivity contribution is 7.88. The Labute approximate surface area is 79.9 Å². The van der Waals surface area contributed by atoms with Gasteiger partial charge in [0.15, 0.2) is 0 Å². The van der Waals surface area contributed by atoms with Gasteiger partial charge < -0.3 is 10.1 Å². The Kier molecular flexibility index (Phi) is 6.23. The lowest BCUT2D eigenvalue weighted by Gasteiger charge is -2.12. The lowest BCUT2D eigenvalue weighted by atomic mass is 10.3. The van der Waals surface area contributed by atoms with Crippen molar-refractivity contribution in [3.8, 4) is 0 Å². The molecule has 0 spiro atoms. The molecule has 0 saturated carbocycles. The minimum atomic E-state index is -3.06. The van der Waals surface area contributed by atoms with Crippen molar-refractivity contribution in [2.24, 2.45) is 0 Å². The maximum atomic E-state index is 10.6. The summed E-state index contributed by atoms with van der Waals surface area (Å²) in [5.41, 5.74) is 0. The minimum absolute atomic E-state index is 0.242. The second-order valence-electron chi connectivity index (χ2n) is 2.98. The van der Waals surface area contributed by atoms with Crippen molar-refractivity contribution >= 4 is 10.0 Å². The van der Waals surface area contributed by atoms with Gasteiger partial charge in [-0.05, 0) is 6.92 Å². The van der Waals surface area contributed by atoms with Gasteiger partial charge in [-0.1, -0.05) is 0 Å². The number of methoxy groups -OCH3 is 1. The molecule has 0 radical (unpaired) electrons. The van der Waals surface area contributed by atoms with Crippen LogP contribution in [0.25, 0.3) is 0 Å². The first-order valence-electron chi connectivity index (χ1n) is 4.12. The predicted octanol–water partition coefficient (Wildman–Crippen LogP) is -0.840. The Morgan fingerprint density at radius 1 is 1.38 bits per heavy atom. The Hall–Kier alpha value is -0.170. The van der Waals surface area contributed by atoms with E-state index in [1.807, 2.05) is 6.92 Å². The molecule has 0 aromatic heterocycles. The molecule has 5 nitrogen and oxygen atoms in total. The van der Waals surface area contributed by atoms with Crippen LogP contribution in [0.3, 0.4) is 0 Å². The number of nitrogens with one attached hydrogen (secondary N) is 2. The zero-order valence-electron chi connectivity index (χ0n) is 8.33. The Balaban J connectivity index is 3.36. The summed E-state index contributed by atoms with van der Waals surface area (Å²) in [6, 6.07) is 0.242. The number of hydrogen-bond donors (Lipinski definition) is 2. The van der Waals surface area contributed by atoms with Gasteiger partial charge in [-0.25, -0.2) is 13.1 Å². The van der Waals surface area contributed by atoms with Crippen molar-refractivity contribution in [2.75, 3.05) is 33.1 Å². The Morgan fingerprint density at radius 2 is 2.00 bits per heavy atom. The molecular weight excluding hydrogens is 192 g/mol. The molecule has 0 aromatic carbocycles. The molecule has 0 aliphatic carbocycles. The molecule has 0 amide bonds. The largest absolute Gasteiger partial charge is 0.383 e. The van der Waals surface area contributed by atoms with Crippen molar-refractivity contribution < 1.29 is 13.2 Å². The van der Waals surface area contributed by atoms with Crippen LogP contribution in [0.15, 0.2) is 0 Å². The zero-order chi connectivity index (χ0) is 10.3. The molecule has 0 aliphatic heterocycles. The van der Waals surface area contributed by atoms with E-state index in [9.17, 15) is 8.42 Å². The number of hydrogen-bond acceptors (Lipinski definition) is 4. The molecule has 2 N–H and O–H groups in total. The number of sulfonamides is 1. The van der Waals surface area contributed by atoms with E-state index in [2.05, 4.69) is 10.0 Å². The van der Waals surface area contributed by atoms with Crippen LogP contribution in [0.1, 0.15) is 6.92 Å². The monoisotopic (exact) mass is 210 g/mol. The van der Waals surface area contributed by atoms with Gasteiger partial charge in [0.1, 0.15) is 0 Å². The van der Waals surface area contributed by atoms with Gasteiger partial charge in [0.2, 0.25) is 10.0 Å². The van der Waals surface area contributed by atoms with Crippen LogP contribution in [0.2, 0.25) is 0 Å². The van der Waals surface area contributed by atoms with Crippen LogP contribution < -0.4 is 10.0 Å². The first kappa shape index (κ1) is 12.8. The normalized spacial score (nSPS) is 14.4. The average molecular weight is 210 g/mol. The quantitative estimate of drug-likeness (QED) is 0.538. The van der Waals surface area contributed by atoms with Gasteiger partial charge >= 0.3 is 0 Å². The van der Waals surface area contributed by atoms with E-state index < -0.39 is 10.0 Å². The second kappa shape index (κ2) is 6.31. The zero-order valence-corrected chi connectivity index (χ0v) is 9.15. The van der Waals surface area contributed by atoms with Crippen LogP contribution in [-0.4, -0.2) is 47.5 Å². The van der Waals surface area contributed by atoms with Gasteiger partial charge in [-0.2, -0.15) is 0 Å². The molecule has 13 heavy (non-hydrogen) atoms. The molecule has 1 atom stereocenters. The van der Waals surface area contributed by atoms with Crippen LogP contribution >= 0.6 is 0 Å². The molecular formula is C7H18N2O3S. The molecule has 1 unspecified atom stereocenters. The van der Waals surface area contributed by atoms with E-state index in [-0.39, 0.29) is 6.04 Å². The summed E-state index contributed by atoms with van der Waals surface area (Å²) >= 11 is 0. The summed E-state index contributed by atoms with van der Waals surface area (Å²) in [6.45, 7) is 3.62. The van der Waals surface area contributed by atoms with Gasteiger partial charge in [-0.3, -0.25) is 0 Å². The van der Waals surface area contributed by atoms with Gasteiger partial charge in [0.05, 0.1) is 12.9 Å². The van der Waals surface area contributed by atoms with Crippen molar-refractivity contribution in [1.82, 2.24) is 10.0 Å². The third kappa shape index (κ3) is 9.75. The fraction of sp³-hybridized carbons (Fsp3) is 1.00. The molecule has 80 valence electrons. The standard InChI is InChI=1S/C7H18N2O3S/c1-7(6-12-2)8-4-5-9-13(3,10)11/h7-9H,4-6H2,1-3H3. The van der Waals surface area contributed by atoms with Crippen molar-refractivity contribution in [1.29, 1.82) is 0 Å². The van der Waals surface area contributed by atoms with E-state index in [1.165, 1.54) is 0 Å². The average Bonchev–Trinajstić information content (AvgIpc) is 1.97. The summed E-state index contributed by atoms with van der Waals surface area (Å²) < 4.78 is 28.6. The van der Waals surface area contributed by atoms with Gasteiger partial charge in [0.25, 0.3) is 0 Å². The topological polar surface area (TPSA) is 67.4 Å². The van der Waals surface area contributed by atoms with E-state index in [0.29, 0.717) is 19.7 Å². The summed E-state index contributed by atoms with van der Waals surface area (Å²) in [6.07, 6.45) is 1.14. The van der Waals surface area contributed by atoms with Crippen LogP contribution in [-0.2, 0) is 14.8 Å². The summed E-state index contributed by atoms with van der Waals surface area (Å²) in [7, 11) is -1.42. The highest BCUT2D eigenvalue weighted by Gasteiger charge is 2.01. The fourth-order valence-corrected chi connectivity index (χ4v) is 1.34. The first-order chi connectivity index (χ1) is 5.95. The highest BCUT2D eigenvalue weighted by atomic mass is 32.2. The lowest BCUT2D eigenvalue weighted by Crippen LogP contribution is -2.37. The van der Waals surface area contributed by atoms with E-state index in [4.69, 9.17) is 4.74 Å². The van der Waals surface area contributed by atoms with Crippen LogP contribution in [0, 0.1) is 0 Å². The number of rotatable bonds is 7. The van der Waals surface area contributed by atoms with Crippen molar-refractivity contribution in [3.63, 3.8) is 0 Å². The maximum Gasteiger partial charge on any atom is 0.208 e. The highest BCUT2D eigenvalue weighted by Crippen LogP contribution is 1.80. The second-order valence-corrected chi connectivity index (χ2v) is 4.81. The summed E-state index contributed by atoms with van der Waals surface area (Å²) in [5, 5.41) is 3.10. The molecule has 0 aromatic rings. The van der Waals surface area contributed by atoms with E-state index >= 15 is 0 Å². The summed E-state index contributed by atoms with van der Waals surface area (Å²) in [4.78, 5) is 0. The molecule has 0 rings (SSSR count). The van der Waals surface area contributed by atoms with E-state index in [1.54, 1.807) is 7.11 Å². The van der Waals surface area contributed by atoms with E-state index in [0.717, 1.165) is 6.26 Å². The molecule has 0 bridgehead atoms. The number of ether oxygens (including phenoxy) is 1. The van der Waals surface area contributed by atoms with Crippen molar-refractivity contribution in [3.05, 3.63) is 0 Å². The molecule has 0 fully saturated rings. The first-order valence-corrected chi connectivity index (χ1v) is 6.02. The third-order valence-corrected chi connectivity index (χ3v) is 2.13.